The molecule has 26 heavy (non-hydrogen) atoms. The topological polar surface area (TPSA) is 111 Å². The van der Waals surface area contributed by atoms with Crippen LogP contribution in [0.2, 0.25) is 0 Å². The fraction of sp³-hybridized carbons (Fsp3) is 0.632. The van der Waals surface area contributed by atoms with Gasteiger partial charge in [0.1, 0.15) is 17.8 Å². The molecule has 0 saturated carbocycles. The maximum absolute atomic E-state index is 11.6. The predicted molar refractivity (Wildman–Crippen MR) is 97.6 cm³/mol. The Hall–Kier alpha value is -1.67. The molecule has 146 valence electrons. The van der Waals surface area contributed by atoms with Crippen LogP contribution in [0.4, 0.5) is 4.79 Å². The van der Waals surface area contributed by atoms with Crippen LogP contribution in [0, 0.1) is 0 Å². The van der Waals surface area contributed by atoms with E-state index in [0.29, 0.717) is 18.4 Å². The van der Waals surface area contributed by atoms with Crippen molar-refractivity contribution in [3.63, 3.8) is 0 Å². The van der Waals surface area contributed by atoms with Gasteiger partial charge in [0, 0.05) is 6.54 Å². The average Bonchev–Trinajstić information content (AvgIpc) is 2.58. The Bertz CT molecular complexity index is 591. The van der Waals surface area contributed by atoms with Gasteiger partial charge in [0.2, 0.25) is 0 Å². The molecule has 1 fully saturated rings. The number of aliphatic hydroxyl groups excluding tert-OH is 2. The number of carbonyl (C=O) groups excluding carboxylic acids is 1. The van der Waals surface area contributed by atoms with E-state index in [1.165, 1.54) is 0 Å². The van der Waals surface area contributed by atoms with Crippen LogP contribution in [-0.2, 0) is 10.3 Å². The van der Waals surface area contributed by atoms with Crippen LogP contribution in [0.25, 0.3) is 0 Å². The second-order valence-corrected chi connectivity index (χ2v) is 7.80. The number of nitrogens with one attached hydrogen (secondary N) is 2. The average molecular weight is 366 g/mol. The third-order valence-electron chi connectivity index (χ3n) is 4.44. The zero-order chi connectivity index (χ0) is 19.4. The fourth-order valence-electron chi connectivity index (χ4n) is 2.96. The summed E-state index contributed by atoms with van der Waals surface area (Å²) >= 11 is 0. The van der Waals surface area contributed by atoms with Gasteiger partial charge >= 0.3 is 6.09 Å². The number of piperidine rings is 1. The third-order valence-corrected chi connectivity index (χ3v) is 4.44. The number of aliphatic hydroxyl groups is 3. The summed E-state index contributed by atoms with van der Waals surface area (Å²) in [5.74, 6) is 0. The van der Waals surface area contributed by atoms with Crippen LogP contribution in [0.5, 0.6) is 0 Å². The fourth-order valence-corrected chi connectivity index (χ4v) is 2.96. The summed E-state index contributed by atoms with van der Waals surface area (Å²) in [5.41, 5.74) is -0.162. The molecule has 0 aliphatic carbocycles. The first-order valence-electron chi connectivity index (χ1n) is 8.97. The minimum Gasteiger partial charge on any atom is -0.444 e. The lowest BCUT2D eigenvalue weighted by Gasteiger charge is -2.33. The standard InChI is InChI=1S/C19H30N2O5/c1-18(2,3)26-17(24)21-12-15(22)16(23)13-4-6-14(7-5-13)19(25)8-10-20-11-9-19/h4-7,15-16,20,22-23,25H,8-12H2,1-3H3,(H,21,24). The molecule has 0 radical (unpaired) electrons. The molecule has 1 aliphatic rings. The van der Waals surface area contributed by atoms with Gasteiger partial charge in [-0.2, -0.15) is 0 Å². The zero-order valence-electron chi connectivity index (χ0n) is 15.7. The number of carbonyl (C=O) groups is 1. The summed E-state index contributed by atoms with van der Waals surface area (Å²) in [4.78, 5) is 11.6. The highest BCUT2D eigenvalue weighted by molar-refractivity contribution is 5.67. The molecule has 0 bridgehead atoms. The van der Waals surface area contributed by atoms with E-state index in [1.54, 1.807) is 45.0 Å². The quantitative estimate of drug-likeness (QED) is 0.535. The van der Waals surface area contributed by atoms with Gasteiger partial charge < -0.3 is 30.7 Å². The van der Waals surface area contributed by atoms with Crippen LogP contribution in [0.1, 0.15) is 50.8 Å². The van der Waals surface area contributed by atoms with E-state index in [1.807, 2.05) is 0 Å². The molecule has 7 nitrogen and oxygen atoms in total. The second-order valence-electron chi connectivity index (χ2n) is 7.80. The van der Waals surface area contributed by atoms with Crippen LogP contribution < -0.4 is 10.6 Å². The largest absolute Gasteiger partial charge is 0.444 e. The van der Waals surface area contributed by atoms with E-state index in [-0.39, 0.29) is 6.54 Å². The number of ether oxygens (including phenoxy) is 1. The van der Waals surface area contributed by atoms with Crippen molar-refractivity contribution in [1.29, 1.82) is 0 Å². The highest BCUT2D eigenvalue weighted by Gasteiger charge is 2.31. The van der Waals surface area contributed by atoms with Crippen molar-refractivity contribution in [3.05, 3.63) is 35.4 Å². The van der Waals surface area contributed by atoms with E-state index in [9.17, 15) is 20.1 Å². The van der Waals surface area contributed by atoms with E-state index in [2.05, 4.69) is 10.6 Å². The highest BCUT2D eigenvalue weighted by atomic mass is 16.6. The Kier molecular flexibility index (Phi) is 6.63. The molecule has 1 heterocycles. The minimum absolute atomic E-state index is 0.132. The molecule has 5 N–H and O–H groups in total. The number of hydrogen-bond acceptors (Lipinski definition) is 6. The van der Waals surface area contributed by atoms with Crippen molar-refractivity contribution >= 4 is 6.09 Å². The summed E-state index contributed by atoms with van der Waals surface area (Å²) in [6, 6.07) is 6.93. The molecule has 2 atom stereocenters. The van der Waals surface area contributed by atoms with Crippen molar-refractivity contribution in [2.24, 2.45) is 0 Å². The van der Waals surface area contributed by atoms with Crippen molar-refractivity contribution in [2.45, 2.75) is 57.0 Å². The second kappa shape index (κ2) is 8.35. The molecule has 2 unspecified atom stereocenters. The number of rotatable bonds is 5. The highest BCUT2D eigenvalue weighted by Crippen LogP contribution is 2.31. The number of alkyl carbamates (subject to hydrolysis) is 1. The van der Waals surface area contributed by atoms with E-state index < -0.39 is 29.5 Å². The smallest absolute Gasteiger partial charge is 0.407 e. The van der Waals surface area contributed by atoms with Crippen LogP contribution in [-0.4, -0.2) is 52.8 Å². The lowest BCUT2D eigenvalue weighted by atomic mass is 9.84. The van der Waals surface area contributed by atoms with Gasteiger partial charge in [-0.05, 0) is 57.8 Å². The van der Waals surface area contributed by atoms with E-state index in [4.69, 9.17) is 4.74 Å². The maximum Gasteiger partial charge on any atom is 0.407 e. The summed E-state index contributed by atoms with van der Waals surface area (Å²) in [7, 11) is 0. The first kappa shape index (κ1) is 20.6. The van der Waals surface area contributed by atoms with Crippen molar-refractivity contribution in [3.8, 4) is 0 Å². The van der Waals surface area contributed by atoms with Gasteiger partial charge in [-0.15, -0.1) is 0 Å². The van der Waals surface area contributed by atoms with E-state index in [0.717, 1.165) is 18.7 Å². The first-order chi connectivity index (χ1) is 12.1. The molecular formula is C19H30N2O5. The summed E-state index contributed by atoms with van der Waals surface area (Å²) in [6.45, 7) is 6.63. The predicted octanol–water partition coefficient (Wildman–Crippen LogP) is 1.18. The van der Waals surface area contributed by atoms with Gasteiger partial charge in [-0.3, -0.25) is 0 Å². The lowest BCUT2D eigenvalue weighted by Crippen LogP contribution is -2.39. The number of amides is 1. The number of benzene rings is 1. The molecule has 7 heteroatoms. The zero-order valence-corrected chi connectivity index (χ0v) is 15.7. The van der Waals surface area contributed by atoms with Gasteiger partial charge in [0.25, 0.3) is 0 Å². The molecule has 2 rings (SSSR count). The Morgan fingerprint density at radius 2 is 1.81 bits per heavy atom. The molecule has 1 saturated heterocycles. The monoisotopic (exact) mass is 366 g/mol. The van der Waals surface area contributed by atoms with Crippen LogP contribution in [0.3, 0.4) is 0 Å². The Labute approximate surface area is 154 Å². The van der Waals surface area contributed by atoms with Gasteiger partial charge in [-0.25, -0.2) is 4.79 Å². The first-order valence-corrected chi connectivity index (χ1v) is 8.97. The number of hydrogen-bond donors (Lipinski definition) is 5. The SMILES string of the molecule is CC(C)(C)OC(=O)NCC(O)C(O)c1ccc(C2(O)CCNCC2)cc1. The Morgan fingerprint density at radius 1 is 1.23 bits per heavy atom. The lowest BCUT2D eigenvalue weighted by molar-refractivity contribution is 0.00511. The molecule has 0 spiro atoms. The van der Waals surface area contributed by atoms with Crippen LogP contribution in [0.15, 0.2) is 24.3 Å². The van der Waals surface area contributed by atoms with Gasteiger partial charge in [-0.1, -0.05) is 24.3 Å². The molecule has 1 aliphatic heterocycles. The summed E-state index contributed by atoms with van der Waals surface area (Å²) < 4.78 is 5.09. The van der Waals surface area contributed by atoms with Gasteiger partial charge in [0.15, 0.2) is 0 Å². The normalized spacial score (nSPS) is 19.5. The van der Waals surface area contributed by atoms with Gasteiger partial charge in [0.05, 0.1) is 5.60 Å². The summed E-state index contributed by atoms with van der Waals surface area (Å²) in [6.07, 6.45) is -1.70. The molecule has 0 aromatic heterocycles. The Balaban J connectivity index is 1.92. The Morgan fingerprint density at radius 3 is 2.35 bits per heavy atom. The third kappa shape index (κ3) is 5.67. The van der Waals surface area contributed by atoms with E-state index >= 15 is 0 Å². The van der Waals surface area contributed by atoms with Crippen molar-refractivity contribution in [1.82, 2.24) is 10.6 Å². The molecule has 1 aromatic rings. The molecule has 1 aromatic carbocycles. The summed E-state index contributed by atoms with van der Waals surface area (Å²) in [5, 5.41) is 36.8. The minimum atomic E-state index is -1.17. The molecule has 1 amide bonds. The van der Waals surface area contributed by atoms with Crippen LogP contribution >= 0.6 is 0 Å². The molecular weight excluding hydrogens is 336 g/mol. The van der Waals surface area contributed by atoms with Crippen molar-refractivity contribution in [2.75, 3.05) is 19.6 Å². The maximum atomic E-state index is 11.6. The van der Waals surface area contributed by atoms with Crippen molar-refractivity contribution < 1.29 is 24.9 Å².